The molecule has 2 aromatic carbocycles. The van der Waals surface area contributed by atoms with Crippen LogP contribution in [0.25, 0.3) is 11.4 Å². The lowest BCUT2D eigenvalue weighted by Crippen LogP contribution is -2.43. The number of benzene rings is 2. The van der Waals surface area contributed by atoms with Crippen LogP contribution in [-0.4, -0.2) is 56.5 Å². The highest BCUT2D eigenvalue weighted by Crippen LogP contribution is 2.30. The minimum absolute atomic E-state index is 0.0148. The average Bonchev–Trinajstić information content (AvgIpc) is 3.26. The zero-order valence-corrected chi connectivity index (χ0v) is 20.7. The number of carbonyl (C=O) groups excluding carboxylic acids is 2. The van der Waals surface area contributed by atoms with Crippen LogP contribution in [0.3, 0.4) is 0 Å². The molecule has 35 heavy (non-hydrogen) atoms. The molecule has 1 aliphatic heterocycles. The van der Waals surface area contributed by atoms with Gasteiger partial charge in [0.15, 0.2) is 11.0 Å². The first kappa shape index (κ1) is 24.9. The van der Waals surface area contributed by atoms with E-state index in [0.29, 0.717) is 55.6 Å². The van der Waals surface area contributed by atoms with Crippen molar-refractivity contribution in [3.05, 3.63) is 66.0 Å². The van der Waals surface area contributed by atoms with Gasteiger partial charge in [-0.2, -0.15) is 0 Å². The van der Waals surface area contributed by atoms with Gasteiger partial charge in [0.25, 0.3) is 0 Å². The van der Waals surface area contributed by atoms with Gasteiger partial charge in [-0.3, -0.25) is 14.2 Å². The predicted molar refractivity (Wildman–Crippen MR) is 132 cm³/mol. The lowest BCUT2D eigenvalue weighted by molar-refractivity contribution is -0.151. The quantitative estimate of drug-likeness (QED) is 0.340. The number of esters is 1. The first-order valence-corrected chi connectivity index (χ1v) is 12.7. The summed E-state index contributed by atoms with van der Waals surface area (Å²) in [6, 6.07) is 16.3. The smallest absolute Gasteiger partial charge is 0.309 e. The maximum absolute atomic E-state index is 14.6. The number of ether oxygens (including phenoxy) is 1. The second kappa shape index (κ2) is 11.5. The predicted octanol–water partition coefficient (Wildman–Crippen LogP) is 4.41. The monoisotopic (exact) mass is 496 g/mol. The number of aromatic nitrogens is 3. The fraction of sp³-hybridized carbons (Fsp3) is 0.385. The molecule has 0 N–H and O–H groups in total. The van der Waals surface area contributed by atoms with Crippen molar-refractivity contribution in [2.75, 3.05) is 19.7 Å². The molecule has 3 aromatic rings. The fourth-order valence-electron chi connectivity index (χ4n) is 4.19. The first-order valence-electron chi connectivity index (χ1n) is 11.8. The number of thioether (sulfide) groups is 1. The van der Waals surface area contributed by atoms with Crippen LogP contribution in [0.4, 0.5) is 4.39 Å². The second-order valence-electron chi connectivity index (χ2n) is 8.47. The van der Waals surface area contributed by atoms with E-state index in [-0.39, 0.29) is 23.6 Å². The summed E-state index contributed by atoms with van der Waals surface area (Å²) < 4.78 is 21.6. The van der Waals surface area contributed by atoms with Gasteiger partial charge in [-0.05, 0) is 44.4 Å². The highest BCUT2D eigenvalue weighted by atomic mass is 32.2. The van der Waals surface area contributed by atoms with Gasteiger partial charge in [0, 0.05) is 13.1 Å². The number of amides is 1. The number of halogens is 1. The summed E-state index contributed by atoms with van der Waals surface area (Å²) in [5.74, 6) is -0.307. The summed E-state index contributed by atoms with van der Waals surface area (Å²) in [6.45, 7) is 5.49. The van der Waals surface area contributed by atoms with E-state index in [1.165, 1.54) is 17.8 Å². The van der Waals surface area contributed by atoms with Crippen molar-refractivity contribution in [2.24, 2.45) is 5.92 Å². The summed E-state index contributed by atoms with van der Waals surface area (Å²) >= 11 is 1.31. The van der Waals surface area contributed by atoms with Crippen molar-refractivity contribution in [3.8, 4) is 11.4 Å². The molecule has 1 atom stereocenters. The minimum Gasteiger partial charge on any atom is -0.466 e. The minimum atomic E-state index is -0.415. The normalized spacial score (nSPS) is 15.1. The fourth-order valence-corrected chi connectivity index (χ4v) is 5.12. The van der Waals surface area contributed by atoms with Crippen LogP contribution in [-0.2, 0) is 20.9 Å². The number of nitrogens with zero attached hydrogens (tertiary/aromatic N) is 4. The standard InChI is InChI=1S/C26H29FN4O3S/c1-3-34-25(33)20-13-15-30(16-14-20)24(32)18(2)35-26-29-28-23(21-11-7-8-12-22(21)27)31(26)17-19-9-5-4-6-10-19/h4-12,18,20H,3,13-17H2,1-2H3. The maximum Gasteiger partial charge on any atom is 0.309 e. The molecule has 1 aliphatic rings. The summed E-state index contributed by atoms with van der Waals surface area (Å²) in [5, 5.41) is 8.76. The van der Waals surface area contributed by atoms with Crippen LogP contribution in [0.5, 0.6) is 0 Å². The lowest BCUT2D eigenvalue weighted by atomic mass is 9.97. The van der Waals surface area contributed by atoms with E-state index in [0.717, 1.165) is 5.56 Å². The number of hydrogen-bond donors (Lipinski definition) is 0. The molecular weight excluding hydrogens is 467 g/mol. The highest BCUT2D eigenvalue weighted by molar-refractivity contribution is 8.00. The maximum atomic E-state index is 14.6. The molecule has 9 heteroatoms. The highest BCUT2D eigenvalue weighted by Gasteiger charge is 2.31. The summed E-state index contributed by atoms with van der Waals surface area (Å²) in [5.41, 5.74) is 1.38. The van der Waals surface area contributed by atoms with Crippen molar-refractivity contribution < 1.29 is 18.7 Å². The van der Waals surface area contributed by atoms with E-state index < -0.39 is 5.25 Å². The van der Waals surface area contributed by atoms with Gasteiger partial charge in [-0.1, -0.05) is 54.2 Å². The summed E-state index contributed by atoms with van der Waals surface area (Å²) in [7, 11) is 0. The Morgan fingerprint density at radius 2 is 1.77 bits per heavy atom. The van der Waals surface area contributed by atoms with E-state index in [2.05, 4.69) is 10.2 Å². The molecule has 184 valence electrons. The third kappa shape index (κ3) is 5.90. The van der Waals surface area contributed by atoms with Crippen LogP contribution in [0.15, 0.2) is 59.8 Å². The van der Waals surface area contributed by atoms with Crippen molar-refractivity contribution in [1.82, 2.24) is 19.7 Å². The second-order valence-corrected chi connectivity index (χ2v) is 9.78. The molecule has 1 aromatic heterocycles. The molecule has 4 rings (SSSR count). The Hall–Kier alpha value is -3.20. The molecule has 0 bridgehead atoms. The van der Waals surface area contributed by atoms with Crippen molar-refractivity contribution in [3.63, 3.8) is 0 Å². The van der Waals surface area contributed by atoms with Crippen LogP contribution >= 0.6 is 11.8 Å². The third-order valence-corrected chi connectivity index (χ3v) is 7.14. The zero-order valence-electron chi connectivity index (χ0n) is 19.9. The number of hydrogen-bond acceptors (Lipinski definition) is 6. The van der Waals surface area contributed by atoms with Gasteiger partial charge in [0.05, 0.1) is 29.9 Å². The van der Waals surface area contributed by atoms with Crippen LogP contribution < -0.4 is 0 Å². The van der Waals surface area contributed by atoms with E-state index in [4.69, 9.17) is 4.74 Å². The largest absolute Gasteiger partial charge is 0.466 e. The Labute approximate surface area is 208 Å². The molecule has 0 aliphatic carbocycles. The van der Waals surface area contributed by atoms with Gasteiger partial charge in [-0.25, -0.2) is 4.39 Å². The molecule has 2 heterocycles. The summed E-state index contributed by atoms with van der Waals surface area (Å²) in [4.78, 5) is 27.0. The van der Waals surface area contributed by atoms with Gasteiger partial charge < -0.3 is 9.64 Å². The van der Waals surface area contributed by atoms with Gasteiger partial charge in [0.2, 0.25) is 5.91 Å². The molecule has 1 amide bonds. The molecule has 1 unspecified atom stereocenters. The first-order chi connectivity index (χ1) is 17.0. The number of carbonyl (C=O) groups is 2. The lowest BCUT2D eigenvalue weighted by Gasteiger charge is -2.32. The van der Waals surface area contributed by atoms with Gasteiger partial charge in [0.1, 0.15) is 5.82 Å². The number of rotatable bonds is 8. The number of piperidine rings is 1. The molecule has 1 saturated heterocycles. The Kier molecular flexibility index (Phi) is 8.17. The Bertz CT molecular complexity index is 1160. The van der Waals surface area contributed by atoms with E-state index in [1.54, 1.807) is 30.0 Å². The zero-order chi connectivity index (χ0) is 24.8. The van der Waals surface area contributed by atoms with Crippen molar-refractivity contribution in [2.45, 2.75) is 43.6 Å². The molecular formula is C26H29FN4O3S. The van der Waals surface area contributed by atoms with Gasteiger partial charge >= 0.3 is 5.97 Å². The van der Waals surface area contributed by atoms with Crippen LogP contribution in [0.2, 0.25) is 0 Å². The molecule has 0 radical (unpaired) electrons. The Balaban J connectivity index is 1.51. The van der Waals surface area contributed by atoms with Crippen LogP contribution in [0.1, 0.15) is 32.3 Å². The third-order valence-electron chi connectivity index (χ3n) is 6.07. The topological polar surface area (TPSA) is 77.3 Å². The SMILES string of the molecule is CCOC(=O)C1CCN(C(=O)C(C)Sc2nnc(-c3ccccc3F)n2Cc2ccccc2)CC1. The van der Waals surface area contributed by atoms with E-state index in [1.807, 2.05) is 41.8 Å². The Morgan fingerprint density at radius 1 is 1.09 bits per heavy atom. The van der Waals surface area contributed by atoms with E-state index >= 15 is 0 Å². The molecule has 7 nitrogen and oxygen atoms in total. The number of likely N-dealkylation sites (tertiary alicyclic amines) is 1. The van der Waals surface area contributed by atoms with Crippen molar-refractivity contribution >= 4 is 23.6 Å². The molecule has 0 saturated carbocycles. The van der Waals surface area contributed by atoms with Gasteiger partial charge in [-0.15, -0.1) is 10.2 Å². The van der Waals surface area contributed by atoms with Crippen LogP contribution in [0, 0.1) is 11.7 Å². The summed E-state index contributed by atoms with van der Waals surface area (Å²) in [6.07, 6.45) is 1.20. The van der Waals surface area contributed by atoms with Crippen molar-refractivity contribution in [1.29, 1.82) is 0 Å². The average molecular weight is 497 g/mol. The molecule has 0 spiro atoms. The Morgan fingerprint density at radius 3 is 2.46 bits per heavy atom. The van der Waals surface area contributed by atoms with E-state index in [9.17, 15) is 14.0 Å². The molecule has 1 fully saturated rings.